The van der Waals surface area contributed by atoms with E-state index in [9.17, 15) is 0 Å². The maximum atomic E-state index is 4.42. The third-order valence-corrected chi connectivity index (χ3v) is 4.12. The van der Waals surface area contributed by atoms with Crippen LogP contribution in [-0.2, 0) is 6.42 Å². The molecule has 1 heterocycles. The quantitative estimate of drug-likeness (QED) is 0.836. The number of hydrogen-bond acceptors (Lipinski definition) is 5. The van der Waals surface area contributed by atoms with Crippen LogP contribution in [0, 0.1) is 0 Å². The van der Waals surface area contributed by atoms with Crippen molar-refractivity contribution in [2.75, 3.05) is 18.1 Å². The lowest BCUT2D eigenvalue weighted by atomic mass is 10.2. The molecule has 15 heavy (non-hydrogen) atoms. The second-order valence-corrected chi connectivity index (χ2v) is 6.35. The lowest BCUT2D eigenvalue weighted by Gasteiger charge is -2.21. The number of aromatic nitrogens is 2. The van der Waals surface area contributed by atoms with Gasteiger partial charge in [0.2, 0.25) is 5.13 Å². The Morgan fingerprint density at radius 1 is 1.47 bits per heavy atom. The van der Waals surface area contributed by atoms with Gasteiger partial charge >= 0.3 is 0 Å². The molecular formula is C10H19N3S2. The molecule has 0 saturated carbocycles. The first-order chi connectivity index (χ1) is 7.07. The number of thioether (sulfide) groups is 1. The fraction of sp³-hybridized carbons (Fsp3) is 0.800. The van der Waals surface area contributed by atoms with Crippen LogP contribution < -0.4 is 5.32 Å². The Morgan fingerprint density at radius 3 is 2.80 bits per heavy atom. The molecule has 5 heteroatoms. The van der Waals surface area contributed by atoms with Crippen LogP contribution in [0.5, 0.6) is 0 Å². The van der Waals surface area contributed by atoms with Crippen molar-refractivity contribution in [3.8, 4) is 0 Å². The highest BCUT2D eigenvalue weighted by atomic mass is 32.2. The lowest BCUT2D eigenvalue weighted by Crippen LogP contribution is -2.25. The highest BCUT2D eigenvalue weighted by Gasteiger charge is 2.16. The third kappa shape index (κ3) is 4.38. The van der Waals surface area contributed by atoms with E-state index in [1.54, 1.807) is 0 Å². The Labute approximate surface area is 100 Å². The normalized spacial score (nSPS) is 11.7. The summed E-state index contributed by atoms with van der Waals surface area (Å²) in [4.78, 5) is 4.42. The maximum Gasteiger partial charge on any atom is 0.202 e. The second-order valence-electron chi connectivity index (χ2n) is 4.08. The SMILES string of the molecule is CCCc1nsc(NCC(C)(C)SC)n1. The third-order valence-electron chi connectivity index (χ3n) is 2.16. The number of anilines is 1. The van der Waals surface area contributed by atoms with Crippen molar-refractivity contribution < 1.29 is 0 Å². The largest absolute Gasteiger partial charge is 0.359 e. The topological polar surface area (TPSA) is 37.8 Å². The van der Waals surface area contributed by atoms with Gasteiger partial charge in [-0.05, 0) is 26.5 Å². The Kier molecular flexibility index (Phi) is 4.86. The van der Waals surface area contributed by atoms with Crippen LogP contribution >= 0.6 is 23.3 Å². The molecule has 1 rings (SSSR count). The first-order valence-electron chi connectivity index (χ1n) is 5.19. The van der Waals surface area contributed by atoms with Crippen LogP contribution in [0.1, 0.15) is 33.0 Å². The molecule has 0 aliphatic rings. The standard InChI is InChI=1S/C10H19N3S2/c1-5-6-8-12-9(15-13-8)11-7-10(2,3)14-4/h5-7H2,1-4H3,(H,11,12,13). The summed E-state index contributed by atoms with van der Waals surface area (Å²) in [6, 6.07) is 0. The minimum atomic E-state index is 0.247. The van der Waals surface area contributed by atoms with Gasteiger partial charge in [0.25, 0.3) is 0 Å². The van der Waals surface area contributed by atoms with Crippen molar-refractivity contribution in [3.63, 3.8) is 0 Å². The zero-order valence-electron chi connectivity index (χ0n) is 9.83. The second kappa shape index (κ2) is 5.70. The van der Waals surface area contributed by atoms with E-state index in [-0.39, 0.29) is 4.75 Å². The number of aryl methyl sites for hydroxylation is 1. The van der Waals surface area contributed by atoms with Gasteiger partial charge < -0.3 is 5.32 Å². The summed E-state index contributed by atoms with van der Waals surface area (Å²) in [6.45, 7) is 7.51. The summed E-state index contributed by atoms with van der Waals surface area (Å²) in [5.74, 6) is 0.965. The Morgan fingerprint density at radius 2 is 2.20 bits per heavy atom. The molecule has 0 aromatic carbocycles. The number of nitrogens with zero attached hydrogens (tertiary/aromatic N) is 2. The van der Waals surface area contributed by atoms with Crippen molar-refractivity contribution in [3.05, 3.63) is 5.82 Å². The van der Waals surface area contributed by atoms with Crippen LogP contribution in [-0.4, -0.2) is 26.9 Å². The molecule has 0 amide bonds. The molecule has 1 N–H and O–H groups in total. The van der Waals surface area contributed by atoms with E-state index in [0.29, 0.717) is 0 Å². The number of rotatable bonds is 6. The molecule has 0 aliphatic heterocycles. The van der Waals surface area contributed by atoms with E-state index in [0.717, 1.165) is 30.3 Å². The molecule has 0 saturated heterocycles. The highest BCUT2D eigenvalue weighted by Crippen LogP contribution is 2.22. The molecule has 1 aromatic rings. The highest BCUT2D eigenvalue weighted by molar-refractivity contribution is 7.99. The Bertz CT molecular complexity index is 297. The summed E-state index contributed by atoms with van der Waals surface area (Å²) < 4.78 is 4.54. The fourth-order valence-electron chi connectivity index (χ4n) is 1.01. The molecule has 0 bridgehead atoms. The summed E-state index contributed by atoms with van der Waals surface area (Å²) in [5, 5.41) is 4.28. The molecule has 0 spiro atoms. The van der Waals surface area contributed by atoms with Crippen LogP contribution in [0.4, 0.5) is 5.13 Å². The summed E-state index contributed by atoms with van der Waals surface area (Å²) >= 11 is 3.32. The molecule has 3 nitrogen and oxygen atoms in total. The molecule has 0 atom stereocenters. The van der Waals surface area contributed by atoms with Gasteiger partial charge in [-0.25, -0.2) is 4.98 Å². The zero-order valence-corrected chi connectivity index (χ0v) is 11.5. The van der Waals surface area contributed by atoms with Crippen LogP contribution in [0.15, 0.2) is 0 Å². The van der Waals surface area contributed by atoms with Gasteiger partial charge in [-0.3, -0.25) is 0 Å². The monoisotopic (exact) mass is 245 g/mol. The fourth-order valence-corrected chi connectivity index (χ4v) is 1.83. The van der Waals surface area contributed by atoms with E-state index in [1.807, 2.05) is 11.8 Å². The van der Waals surface area contributed by atoms with E-state index in [1.165, 1.54) is 11.5 Å². The first-order valence-corrected chi connectivity index (χ1v) is 7.19. The van der Waals surface area contributed by atoms with Crippen molar-refractivity contribution >= 4 is 28.4 Å². The molecule has 0 aliphatic carbocycles. The van der Waals surface area contributed by atoms with E-state index < -0.39 is 0 Å². The predicted molar refractivity (Wildman–Crippen MR) is 70.0 cm³/mol. The molecular weight excluding hydrogens is 226 g/mol. The Balaban J connectivity index is 2.44. The zero-order chi connectivity index (χ0) is 11.3. The minimum absolute atomic E-state index is 0.247. The van der Waals surface area contributed by atoms with Gasteiger partial charge in [0.15, 0.2) is 0 Å². The van der Waals surface area contributed by atoms with Gasteiger partial charge in [0.1, 0.15) is 5.82 Å². The predicted octanol–water partition coefficient (Wildman–Crippen LogP) is 3.04. The van der Waals surface area contributed by atoms with Gasteiger partial charge in [-0.2, -0.15) is 16.1 Å². The summed E-state index contributed by atoms with van der Waals surface area (Å²) in [5.41, 5.74) is 0. The van der Waals surface area contributed by atoms with Crippen molar-refractivity contribution in [1.82, 2.24) is 9.36 Å². The van der Waals surface area contributed by atoms with Crippen LogP contribution in [0.25, 0.3) is 0 Å². The molecule has 0 unspecified atom stereocenters. The molecule has 86 valence electrons. The Hall–Kier alpha value is -0.290. The van der Waals surface area contributed by atoms with Gasteiger partial charge in [0.05, 0.1) is 0 Å². The van der Waals surface area contributed by atoms with Crippen molar-refractivity contribution in [1.29, 1.82) is 0 Å². The molecule has 0 fully saturated rings. The lowest BCUT2D eigenvalue weighted by molar-refractivity contribution is 0.751. The van der Waals surface area contributed by atoms with E-state index >= 15 is 0 Å². The maximum absolute atomic E-state index is 4.42. The van der Waals surface area contributed by atoms with Crippen LogP contribution in [0.2, 0.25) is 0 Å². The molecule has 0 radical (unpaired) electrons. The van der Waals surface area contributed by atoms with Gasteiger partial charge in [0, 0.05) is 29.2 Å². The first kappa shape index (κ1) is 12.8. The van der Waals surface area contributed by atoms with Crippen LogP contribution in [0.3, 0.4) is 0 Å². The van der Waals surface area contributed by atoms with Crippen molar-refractivity contribution in [2.45, 2.75) is 38.4 Å². The van der Waals surface area contributed by atoms with Crippen molar-refractivity contribution in [2.24, 2.45) is 0 Å². The van der Waals surface area contributed by atoms with Gasteiger partial charge in [-0.1, -0.05) is 6.92 Å². The van der Waals surface area contributed by atoms with Gasteiger partial charge in [-0.15, -0.1) is 0 Å². The molecule has 1 aromatic heterocycles. The summed E-state index contributed by atoms with van der Waals surface area (Å²) in [7, 11) is 0. The number of hydrogen-bond donors (Lipinski definition) is 1. The number of nitrogens with one attached hydrogen (secondary N) is 1. The summed E-state index contributed by atoms with van der Waals surface area (Å²) in [6.07, 6.45) is 4.21. The smallest absolute Gasteiger partial charge is 0.202 e. The average Bonchev–Trinajstić information content (AvgIpc) is 2.64. The van der Waals surface area contributed by atoms with E-state index in [2.05, 4.69) is 41.7 Å². The minimum Gasteiger partial charge on any atom is -0.359 e. The van der Waals surface area contributed by atoms with E-state index in [4.69, 9.17) is 0 Å². The average molecular weight is 245 g/mol.